The van der Waals surface area contributed by atoms with Gasteiger partial charge >= 0.3 is 0 Å². The molecule has 0 N–H and O–H groups in total. The summed E-state index contributed by atoms with van der Waals surface area (Å²) in [7, 11) is 0. The molecular formula is C43H27N5S3. The highest BCUT2D eigenvalue weighted by molar-refractivity contribution is 8.00. The average molecular weight is 710 g/mol. The first-order valence-electron chi connectivity index (χ1n) is 16.6. The molecule has 5 nitrogen and oxygen atoms in total. The lowest BCUT2D eigenvalue weighted by atomic mass is 10.1. The average Bonchev–Trinajstić information content (AvgIpc) is 3.75. The summed E-state index contributed by atoms with van der Waals surface area (Å²) in [5.74, 6) is 1.95. The molecule has 6 aromatic carbocycles. The maximum atomic E-state index is 5.06. The predicted octanol–water partition coefficient (Wildman–Crippen LogP) is 12.8. The third-order valence-corrected chi connectivity index (χ3v) is 12.0. The van der Waals surface area contributed by atoms with Gasteiger partial charge in [-0.3, -0.25) is 0 Å². The molecule has 0 bridgehead atoms. The lowest BCUT2D eigenvalue weighted by Gasteiger charge is -2.32. The summed E-state index contributed by atoms with van der Waals surface area (Å²) >= 11 is 5.26. The van der Waals surface area contributed by atoms with Crippen LogP contribution < -0.4 is 9.80 Å². The van der Waals surface area contributed by atoms with Gasteiger partial charge in [-0.25, -0.2) is 15.0 Å². The van der Waals surface area contributed by atoms with E-state index in [1.54, 1.807) is 11.3 Å². The first-order valence-corrected chi connectivity index (χ1v) is 19.2. The molecule has 0 saturated heterocycles. The molecule has 0 aliphatic carbocycles. The molecule has 8 aromatic rings. The van der Waals surface area contributed by atoms with Crippen LogP contribution in [0.2, 0.25) is 0 Å². The van der Waals surface area contributed by atoms with Crippen molar-refractivity contribution in [2.24, 2.45) is 0 Å². The second-order valence-electron chi connectivity index (χ2n) is 12.2. The summed E-state index contributed by atoms with van der Waals surface area (Å²) in [6, 6.07) is 53.5. The summed E-state index contributed by atoms with van der Waals surface area (Å²) in [6.45, 7) is 0. The smallest absolute Gasteiger partial charge is 0.164 e. The van der Waals surface area contributed by atoms with Crippen LogP contribution in [-0.4, -0.2) is 15.0 Å². The van der Waals surface area contributed by atoms with Gasteiger partial charge in [-0.2, -0.15) is 11.3 Å². The Bertz CT molecular complexity index is 2300. The number of thiophene rings is 1. The van der Waals surface area contributed by atoms with Crippen LogP contribution in [0.15, 0.2) is 182 Å². The minimum absolute atomic E-state index is 0.641. The molecule has 0 atom stereocenters. The Labute approximate surface area is 308 Å². The molecule has 2 aliphatic heterocycles. The van der Waals surface area contributed by atoms with E-state index in [1.807, 2.05) is 23.5 Å². The Hall–Kier alpha value is -5.67. The highest BCUT2D eigenvalue weighted by Gasteiger charge is 2.26. The molecule has 8 heteroatoms. The normalized spacial score (nSPS) is 12.9. The van der Waals surface area contributed by atoms with E-state index in [-0.39, 0.29) is 0 Å². The van der Waals surface area contributed by atoms with Gasteiger partial charge in [0.25, 0.3) is 0 Å². The van der Waals surface area contributed by atoms with Crippen molar-refractivity contribution in [3.8, 4) is 34.2 Å². The van der Waals surface area contributed by atoms with E-state index in [2.05, 4.69) is 172 Å². The van der Waals surface area contributed by atoms with Crippen molar-refractivity contribution in [2.75, 3.05) is 9.80 Å². The maximum Gasteiger partial charge on any atom is 0.164 e. The van der Waals surface area contributed by atoms with E-state index >= 15 is 0 Å². The van der Waals surface area contributed by atoms with Crippen molar-refractivity contribution in [3.05, 3.63) is 162 Å². The third kappa shape index (κ3) is 5.40. The van der Waals surface area contributed by atoms with Gasteiger partial charge in [-0.15, -0.1) is 0 Å². The lowest BCUT2D eigenvalue weighted by molar-refractivity contribution is 1.07. The van der Waals surface area contributed by atoms with Crippen LogP contribution in [0, 0.1) is 0 Å². The largest absolute Gasteiger partial charge is 0.308 e. The molecule has 0 amide bonds. The van der Waals surface area contributed by atoms with Crippen LogP contribution in [0.4, 0.5) is 34.1 Å². The Morgan fingerprint density at radius 1 is 0.353 bits per heavy atom. The van der Waals surface area contributed by atoms with Gasteiger partial charge in [-0.1, -0.05) is 72.1 Å². The van der Waals surface area contributed by atoms with Gasteiger partial charge in [0.05, 0.1) is 22.7 Å². The number of aromatic nitrogens is 3. The maximum absolute atomic E-state index is 5.06. The van der Waals surface area contributed by atoms with Crippen LogP contribution in [0.3, 0.4) is 0 Å². The monoisotopic (exact) mass is 709 g/mol. The third-order valence-electron chi connectivity index (χ3n) is 9.05. The van der Waals surface area contributed by atoms with Gasteiger partial charge in [0.1, 0.15) is 0 Å². The zero-order valence-corrected chi connectivity index (χ0v) is 29.5. The van der Waals surface area contributed by atoms with E-state index < -0.39 is 0 Å². The van der Waals surface area contributed by atoms with Crippen molar-refractivity contribution in [1.82, 2.24) is 15.0 Å². The van der Waals surface area contributed by atoms with Crippen molar-refractivity contribution in [3.63, 3.8) is 0 Å². The number of benzene rings is 6. The lowest BCUT2D eigenvalue weighted by Crippen LogP contribution is -2.14. The Kier molecular flexibility index (Phi) is 7.45. The molecular weight excluding hydrogens is 683 g/mol. The number of fused-ring (bicyclic) bond motifs is 4. The topological polar surface area (TPSA) is 45.2 Å². The van der Waals surface area contributed by atoms with Gasteiger partial charge in [0.2, 0.25) is 0 Å². The highest BCUT2D eigenvalue weighted by Crippen LogP contribution is 2.52. The molecule has 0 unspecified atom stereocenters. The number of hydrogen-bond acceptors (Lipinski definition) is 8. The molecule has 0 spiro atoms. The van der Waals surface area contributed by atoms with E-state index in [0.29, 0.717) is 17.5 Å². The molecule has 0 saturated carbocycles. The SMILES string of the molecule is c1ccc2c(c1)Sc1ccccc1N2c1ccc(-c2nc(-c3ccc(N4c5ccccc5Sc5ccccc54)cc3)nc(-c3ccsc3)n2)cc1. The van der Waals surface area contributed by atoms with E-state index in [9.17, 15) is 0 Å². The van der Waals surface area contributed by atoms with Gasteiger partial charge in [0, 0.05) is 53.0 Å². The minimum atomic E-state index is 0.641. The summed E-state index contributed by atoms with van der Waals surface area (Å²) in [5.41, 5.74) is 9.72. The molecule has 10 rings (SSSR count). The molecule has 4 heterocycles. The molecule has 2 aromatic heterocycles. The van der Waals surface area contributed by atoms with Crippen LogP contribution >= 0.6 is 34.9 Å². The van der Waals surface area contributed by atoms with Crippen LogP contribution in [0.5, 0.6) is 0 Å². The van der Waals surface area contributed by atoms with Crippen LogP contribution in [0.25, 0.3) is 34.2 Å². The number of hydrogen-bond donors (Lipinski definition) is 0. The predicted molar refractivity (Wildman–Crippen MR) is 212 cm³/mol. The second-order valence-corrected chi connectivity index (χ2v) is 15.1. The summed E-state index contributed by atoms with van der Waals surface area (Å²) < 4.78 is 0. The molecule has 242 valence electrons. The van der Waals surface area contributed by atoms with Gasteiger partial charge in [-0.05, 0) is 109 Å². The Morgan fingerprint density at radius 3 is 1.06 bits per heavy atom. The zero-order valence-electron chi connectivity index (χ0n) is 27.0. The van der Waals surface area contributed by atoms with Crippen LogP contribution in [-0.2, 0) is 0 Å². The number of nitrogens with zero attached hydrogens (tertiary/aromatic N) is 5. The molecule has 0 radical (unpaired) electrons. The van der Waals surface area contributed by atoms with E-state index in [4.69, 9.17) is 15.0 Å². The zero-order chi connectivity index (χ0) is 33.7. The van der Waals surface area contributed by atoms with Crippen molar-refractivity contribution in [2.45, 2.75) is 19.6 Å². The van der Waals surface area contributed by atoms with E-state index in [1.165, 1.54) is 42.3 Å². The fraction of sp³-hybridized carbons (Fsp3) is 0. The second kappa shape index (κ2) is 12.6. The van der Waals surface area contributed by atoms with Crippen LogP contribution in [0.1, 0.15) is 0 Å². The fourth-order valence-electron chi connectivity index (χ4n) is 6.64. The van der Waals surface area contributed by atoms with Gasteiger partial charge in [0.15, 0.2) is 17.5 Å². The van der Waals surface area contributed by atoms with Crippen molar-refractivity contribution in [1.29, 1.82) is 0 Å². The highest BCUT2D eigenvalue weighted by atomic mass is 32.2. The first kappa shape index (κ1) is 30.2. The fourth-order valence-corrected chi connectivity index (χ4v) is 9.39. The number of anilines is 6. The number of rotatable bonds is 5. The summed E-state index contributed by atoms with van der Waals surface area (Å²) in [4.78, 5) is 24.6. The van der Waals surface area contributed by atoms with Gasteiger partial charge < -0.3 is 9.80 Å². The first-order chi connectivity index (χ1) is 25.3. The quantitative estimate of drug-likeness (QED) is 0.176. The van der Waals surface area contributed by atoms with Crippen molar-refractivity contribution < 1.29 is 0 Å². The molecule has 0 fully saturated rings. The summed E-state index contributed by atoms with van der Waals surface area (Å²) in [5, 5.41) is 4.14. The summed E-state index contributed by atoms with van der Waals surface area (Å²) in [6.07, 6.45) is 0. The molecule has 2 aliphatic rings. The molecule has 51 heavy (non-hydrogen) atoms. The van der Waals surface area contributed by atoms with E-state index in [0.717, 1.165) is 28.1 Å². The Morgan fingerprint density at radius 2 is 0.706 bits per heavy atom. The Balaban J connectivity index is 1.03. The van der Waals surface area contributed by atoms with Crippen molar-refractivity contribution >= 4 is 69.0 Å². The number of para-hydroxylation sites is 4. The standard InChI is InChI=1S/C43H27N5S3/c1-5-13-37-33(9-1)47(34-10-2-6-14-38(34)50-37)31-21-17-28(18-22-31)41-44-42(46-43(45-41)30-25-26-49-27-30)29-19-23-32(24-20-29)48-35-11-3-7-15-39(35)51-40-16-8-4-12-36(40)48/h1-27H. The minimum Gasteiger partial charge on any atom is -0.308 e.